The molecule has 0 radical (unpaired) electrons. The topological polar surface area (TPSA) is 53.1 Å². The lowest BCUT2D eigenvalue weighted by Gasteiger charge is -2.36. The highest BCUT2D eigenvalue weighted by Gasteiger charge is 2.24. The molecule has 4 aromatic rings. The molecular weight excluding hydrogens is 510 g/mol. The van der Waals surface area contributed by atoms with Gasteiger partial charge >= 0.3 is 0 Å². The first-order chi connectivity index (χ1) is 20.1. The number of hydrogen-bond donors (Lipinski definition) is 0. The van der Waals surface area contributed by atoms with Crippen molar-refractivity contribution in [2.45, 2.75) is 6.42 Å². The van der Waals surface area contributed by atoms with Crippen LogP contribution in [0.3, 0.4) is 0 Å². The van der Waals surface area contributed by atoms with Gasteiger partial charge in [-0.2, -0.15) is 0 Å². The molecule has 41 heavy (non-hydrogen) atoms. The molecule has 0 aliphatic carbocycles. The zero-order chi connectivity index (χ0) is 28.4. The van der Waals surface area contributed by atoms with Crippen molar-refractivity contribution in [3.05, 3.63) is 120 Å². The monoisotopic (exact) mass is 547 g/mol. The van der Waals surface area contributed by atoms with Crippen LogP contribution < -0.4 is 4.74 Å². The van der Waals surface area contributed by atoms with Crippen LogP contribution in [-0.4, -0.2) is 79.4 Å². The lowest BCUT2D eigenvalue weighted by atomic mass is 10.0. The predicted octanol–water partition coefficient (Wildman–Crippen LogP) is 5.39. The number of benzene rings is 4. The highest BCUT2D eigenvalue weighted by molar-refractivity contribution is 6.07. The standard InChI is InChI=1S/C35H37N3O3/c1-41-33-19-8-6-14-30(33)16-10-20-37(34(39)27-28-11-3-2-4-12-28)24-21-36-22-25-38(26-23-36)35(40)32-18-9-15-29-13-5-7-17-31(29)32/h2-19H,20-27H2,1H3/b16-10+. The molecule has 5 rings (SSSR count). The molecule has 2 amide bonds. The minimum Gasteiger partial charge on any atom is -0.496 e. The number of piperazine rings is 1. The second kappa shape index (κ2) is 13.8. The van der Waals surface area contributed by atoms with E-state index in [-0.39, 0.29) is 11.8 Å². The van der Waals surface area contributed by atoms with Gasteiger partial charge in [-0.05, 0) is 28.5 Å². The Morgan fingerprint density at radius 2 is 1.54 bits per heavy atom. The zero-order valence-electron chi connectivity index (χ0n) is 23.6. The summed E-state index contributed by atoms with van der Waals surface area (Å²) in [5.41, 5.74) is 2.75. The smallest absolute Gasteiger partial charge is 0.254 e. The van der Waals surface area contributed by atoms with Crippen molar-refractivity contribution in [3.8, 4) is 5.75 Å². The van der Waals surface area contributed by atoms with Gasteiger partial charge in [-0.1, -0.05) is 97.1 Å². The maximum absolute atomic E-state index is 13.4. The third kappa shape index (κ3) is 7.21. The van der Waals surface area contributed by atoms with E-state index in [1.165, 1.54) is 0 Å². The van der Waals surface area contributed by atoms with E-state index in [9.17, 15) is 9.59 Å². The van der Waals surface area contributed by atoms with Crippen molar-refractivity contribution in [1.82, 2.24) is 14.7 Å². The number of methoxy groups -OCH3 is 1. The fraction of sp³-hybridized carbons (Fsp3) is 0.257. The van der Waals surface area contributed by atoms with Gasteiger partial charge in [0.05, 0.1) is 13.5 Å². The highest BCUT2D eigenvalue weighted by Crippen LogP contribution is 2.21. The largest absolute Gasteiger partial charge is 0.496 e. The van der Waals surface area contributed by atoms with Gasteiger partial charge in [-0.3, -0.25) is 14.5 Å². The summed E-state index contributed by atoms with van der Waals surface area (Å²) >= 11 is 0. The Morgan fingerprint density at radius 3 is 2.34 bits per heavy atom. The molecule has 1 fully saturated rings. The van der Waals surface area contributed by atoms with Crippen molar-refractivity contribution in [2.75, 3.05) is 52.9 Å². The number of amides is 2. The molecule has 0 N–H and O–H groups in total. The maximum atomic E-state index is 13.4. The maximum Gasteiger partial charge on any atom is 0.254 e. The molecule has 0 aromatic heterocycles. The van der Waals surface area contributed by atoms with Gasteiger partial charge in [0.1, 0.15) is 5.75 Å². The number of ether oxygens (including phenoxy) is 1. The molecule has 6 heteroatoms. The quantitative estimate of drug-likeness (QED) is 0.267. The van der Waals surface area contributed by atoms with Crippen molar-refractivity contribution in [3.63, 3.8) is 0 Å². The number of fused-ring (bicyclic) bond motifs is 1. The number of rotatable bonds is 10. The lowest BCUT2D eigenvalue weighted by Crippen LogP contribution is -2.50. The number of carbonyl (C=O) groups is 2. The molecular formula is C35H37N3O3. The van der Waals surface area contributed by atoms with Crippen molar-refractivity contribution in [1.29, 1.82) is 0 Å². The van der Waals surface area contributed by atoms with Crippen LogP contribution in [-0.2, 0) is 11.2 Å². The van der Waals surface area contributed by atoms with E-state index in [1.54, 1.807) is 7.11 Å². The molecule has 1 saturated heterocycles. The molecule has 1 aliphatic heterocycles. The van der Waals surface area contributed by atoms with Crippen LogP contribution in [0.25, 0.3) is 16.8 Å². The molecule has 1 aliphatic rings. The van der Waals surface area contributed by atoms with Gasteiger partial charge in [-0.25, -0.2) is 0 Å². The van der Waals surface area contributed by atoms with Gasteiger partial charge in [0.15, 0.2) is 0 Å². The van der Waals surface area contributed by atoms with E-state index in [1.807, 2.05) is 119 Å². The summed E-state index contributed by atoms with van der Waals surface area (Å²) < 4.78 is 5.46. The van der Waals surface area contributed by atoms with Crippen LogP contribution in [0.2, 0.25) is 0 Å². The second-order valence-corrected chi connectivity index (χ2v) is 10.3. The summed E-state index contributed by atoms with van der Waals surface area (Å²) in [6.45, 7) is 4.83. The molecule has 4 aromatic carbocycles. The van der Waals surface area contributed by atoms with Gasteiger partial charge in [0, 0.05) is 56.9 Å². The second-order valence-electron chi connectivity index (χ2n) is 10.3. The normalized spacial score (nSPS) is 13.9. The van der Waals surface area contributed by atoms with E-state index >= 15 is 0 Å². The molecule has 0 bridgehead atoms. The first-order valence-electron chi connectivity index (χ1n) is 14.2. The van der Waals surface area contributed by atoms with E-state index in [2.05, 4.69) is 4.90 Å². The average molecular weight is 548 g/mol. The van der Waals surface area contributed by atoms with Crippen molar-refractivity contribution < 1.29 is 14.3 Å². The Bertz CT molecular complexity index is 1490. The molecule has 0 saturated carbocycles. The molecule has 0 spiro atoms. The van der Waals surface area contributed by atoms with E-state index < -0.39 is 0 Å². The number of para-hydroxylation sites is 1. The summed E-state index contributed by atoms with van der Waals surface area (Å²) in [4.78, 5) is 32.9. The van der Waals surface area contributed by atoms with E-state index in [0.717, 1.165) is 52.8 Å². The van der Waals surface area contributed by atoms with Crippen LogP contribution >= 0.6 is 0 Å². The number of carbonyl (C=O) groups excluding carboxylic acids is 2. The molecule has 0 atom stereocenters. The summed E-state index contributed by atoms with van der Waals surface area (Å²) in [6, 6.07) is 31.7. The number of hydrogen-bond acceptors (Lipinski definition) is 4. The van der Waals surface area contributed by atoms with Crippen LogP contribution in [0.1, 0.15) is 21.5 Å². The minimum atomic E-state index is 0.0857. The summed E-state index contributed by atoms with van der Waals surface area (Å²) in [6.07, 6.45) is 4.41. The average Bonchev–Trinajstić information content (AvgIpc) is 3.03. The first kappa shape index (κ1) is 28.1. The Labute approximate surface area is 242 Å². The third-order valence-corrected chi connectivity index (χ3v) is 7.68. The zero-order valence-corrected chi connectivity index (χ0v) is 23.6. The summed E-state index contributed by atoms with van der Waals surface area (Å²) in [7, 11) is 1.66. The SMILES string of the molecule is COc1ccccc1/C=C/CN(CCN1CCN(C(=O)c2cccc3ccccc23)CC1)C(=O)Cc1ccccc1. The number of nitrogens with zero attached hydrogens (tertiary/aromatic N) is 3. The molecule has 1 heterocycles. The minimum absolute atomic E-state index is 0.0857. The van der Waals surface area contributed by atoms with Crippen LogP contribution in [0.4, 0.5) is 0 Å². The Kier molecular flexibility index (Phi) is 9.45. The summed E-state index contributed by atoms with van der Waals surface area (Å²) in [5, 5.41) is 2.08. The fourth-order valence-electron chi connectivity index (χ4n) is 5.33. The van der Waals surface area contributed by atoms with Crippen molar-refractivity contribution in [2.24, 2.45) is 0 Å². The lowest BCUT2D eigenvalue weighted by molar-refractivity contribution is -0.130. The van der Waals surface area contributed by atoms with Crippen molar-refractivity contribution >= 4 is 28.7 Å². The van der Waals surface area contributed by atoms with Crippen LogP contribution in [0.5, 0.6) is 5.75 Å². The van der Waals surface area contributed by atoms with Crippen LogP contribution in [0.15, 0.2) is 103 Å². The van der Waals surface area contributed by atoms with Crippen LogP contribution in [0, 0.1) is 0 Å². The predicted molar refractivity (Wildman–Crippen MR) is 165 cm³/mol. The van der Waals surface area contributed by atoms with Gasteiger partial charge in [0.25, 0.3) is 5.91 Å². The van der Waals surface area contributed by atoms with Gasteiger partial charge < -0.3 is 14.5 Å². The molecule has 0 unspecified atom stereocenters. The molecule has 6 nitrogen and oxygen atoms in total. The first-order valence-corrected chi connectivity index (χ1v) is 14.2. The Hall–Kier alpha value is -4.42. The molecule has 210 valence electrons. The third-order valence-electron chi connectivity index (χ3n) is 7.68. The fourth-order valence-corrected chi connectivity index (χ4v) is 5.33. The van der Waals surface area contributed by atoms with Gasteiger partial charge in [-0.15, -0.1) is 0 Å². The van der Waals surface area contributed by atoms with E-state index in [0.29, 0.717) is 32.6 Å². The Balaban J connectivity index is 1.19. The van der Waals surface area contributed by atoms with E-state index in [4.69, 9.17) is 4.74 Å². The van der Waals surface area contributed by atoms with Gasteiger partial charge in [0.2, 0.25) is 5.91 Å². The Morgan fingerprint density at radius 1 is 0.829 bits per heavy atom. The highest BCUT2D eigenvalue weighted by atomic mass is 16.5. The summed E-state index contributed by atoms with van der Waals surface area (Å²) in [5.74, 6) is 0.995.